The molecule has 9 heteroatoms. The van der Waals surface area contributed by atoms with Gasteiger partial charge in [-0.15, -0.1) is 0 Å². The minimum absolute atomic E-state index is 0.205. The van der Waals surface area contributed by atoms with Crippen LogP contribution in [-0.2, 0) is 11.0 Å². The lowest BCUT2D eigenvalue weighted by Gasteiger charge is -2.38. The average molecular weight is 442 g/mol. The van der Waals surface area contributed by atoms with Gasteiger partial charge in [-0.05, 0) is 43.3 Å². The van der Waals surface area contributed by atoms with Crippen LogP contribution in [0.3, 0.4) is 0 Å². The number of hydrogen-bond donors (Lipinski definition) is 1. The third-order valence-corrected chi connectivity index (χ3v) is 5.43. The Kier molecular flexibility index (Phi) is 6.77. The Balaban J connectivity index is 1.61. The molecule has 1 aliphatic heterocycles. The molecule has 1 heterocycles. The van der Waals surface area contributed by atoms with Gasteiger partial charge < -0.3 is 15.0 Å². The van der Waals surface area contributed by atoms with Gasteiger partial charge in [0.2, 0.25) is 5.91 Å². The predicted octanol–water partition coefficient (Wildman–Crippen LogP) is 4.52. The number of benzene rings is 2. The number of halogens is 4. The smallest absolute Gasteiger partial charge is 0.416 e. The lowest BCUT2D eigenvalue weighted by atomic mass is 10.1. The Bertz CT molecular complexity index is 899. The molecule has 0 bridgehead atoms. The van der Waals surface area contributed by atoms with E-state index in [9.17, 15) is 18.0 Å². The van der Waals surface area contributed by atoms with Crippen LogP contribution in [0, 0.1) is 0 Å². The molecule has 0 aliphatic carbocycles. The fourth-order valence-electron chi connectivity index (χ4n) is 3.43. The molecule has 1 N–H and O–H groups in total. The molecule has 1 fully saturated rings. The summed E-state index contributed by atoms with van der Waals surface area (Å²) in [7, 11) is 1.51. The Morgan fingerprint density at radius 1 is 1.13 bits per heavy atom. The van der Waals surface area contributed by atoms with E-state index in [0.29, 0.717) is 48.3 Å². The number of nitrogens with zero attached hydrogens (tertiary/aromatic N) is 2. The van der Waals surface area contributed by atoms with Gasteiger partial charge in [-0.1, -0.05) is 17.7 Å². The van der Waals surface area contributed by atoms with Crippen molar-refractivity contribution in [1.82, 2.24) is 4.90 Å². The summed E-state index contributed by atoms with van der Waals surface area (Å²) in [6.07, 6.45) is -4.37. The van der Waals surface area contributed by atoms with E-state index in [0.717, 1.165) is 12.1 Å². The van der Waals surface area contributed by atoms with Crippen molar-refractivity contribution in [2.75, 3.05) is 43.5 Å². The molecule has 2 aromatic rings. The first-order valence-electron chi connectivity index (χ1n) is 9.49. The molecule has 5 nitrogen and oxygen atoms in total. The number of rotatable bonds is 5. The third kappa shape index (κ3) is 5.17. The SMILES string of the molecule is COc1ccc(Cl)cc1NC(=O)C(C)N1CCN(c2cccc(C(F)(F)F)c2)CC1. The predicted molar refractivity (Wildman–Crippen MR) is 111 cm³/mol. The second-order valence-electron chi connectivity index (χ2n) is 7.08. The van der Waals surface area contributed by atoms with Crippen molar-refractivity contribution in [3.8, 4) is 5.75 Å². The molecule has 2 aromatic carbocycles. The summed E-state index contributed by atoms with van der Waals surface area (Å²) in [5.74, 6) is 0.303. The van der Waals surface area contributed by atoms with Gasteiger partial charge in [-0.25, -0.2) is 0 Å². The molecular formula is C21H23ClF3N3O2. The summed E-state index contributed by atoms with van der Waals surface area (Å²) in [4.78, 5) is 16.6. The summed E-state index contributed by atoms with van der Waals surface area (Å²) >= 11 is 6.01. The lowest BCUT2D eigenvalue weighted by molar-refractivity contribution is -0.137. The molecule has 0 spiro atoms. The third-order valence-electron chi connectivity index (χ3n) is 5.20. The number of amides is 1. The summed E-state index contributed by atoms with van der Waals surface area (Å²) in [5, 5.41) is 3.32. The Hall–Kier alpha value is -2.45. The number of carbonyl (C=O) groups excluding carboxylic acids is 1. The van der Waals surface area contributed by atoms with Crippen molar-refractivity contribution in [3.05, 3.63) is 53.1 Å². The first kappa shape index (κ1) is 22.2. The number of hydrogen-bond acceptors (Lipinski definition) is 4. The van der Waals surface area contributed by atoms with E-state index >= 15 is 0 Å². The highest BCUT2D eigenvalue weighted by Gasteiger charge is 2.31. The molecule has 0 saturated carbocycles. The molecule has 1 saturated heterocycles. The number of methoxy groups -OCH3 is 1. The van der Waals surface area contributed by atoms with Crippen molar-refractivity contribution in [3.63, 3.8) is 0 Å². The molecule has 0 aromatic heterocycles. The van der Waals surface area contributed by atoms with E-state index in [4.69, 9.17) is 16.3 Å². The van der Waals surface area contributed by atoms with Crippen LogP contribution in [0.4, 0.5) is 24.5 Å². The maximum atomic E-state index is 13.0. The monoisotopic (exact) mass is 441 g/mol. The van der Waals surface area contributed by atoms with Crippen LogP contribution in [0.1, 0.15) is 12.5 Å². The van der Waals surface area contributed by atoms with Gasteiger partial charge >= 0.3 is 6.18 Å². The van der Waals surface area contributed by atoms with E-state index in [1.807, 2.05) is 9.80 Å². The van der Waals surface area contributed by atoms with Crippen molar-refractivity contribution in [2.45, 2.75) is 19.1 Å². The molecule has 1 amide bonds. The van der Waals surface area contributed by atoms with Crippen LogP contribution in [0.15, 0.2) is 42.5 Å². The summed E-state index contributed by atoms with van der Waals surface area (Å²) in [5.41, 5.74) is 0.361. The van der Waals surface area contributed by atoms with E-state index in [-0.39, 0.29) is 5.91 Å². The highest BCUT2D eigenvalue weighted by molar-refractivity contribution is 6.31. The number of ether oxygens (including phenoxy) is 1. The van der Waals surface area contributed by atoms with Crippen molar-refractivity contribution in [2.24, 2.45) is 0 Å². The quantitative estimate of drug-likeness (QED) is 0.741. The number of alkyl halides is 3. The van der Waals surface area contributed by atoms with E-state index < -0.39 is 17.8 Å². The van der Waals surface area contributed by atoms with Gasteiger partial charge in [0.05, 0.1) is 24.4 Å². The Morgan fingerprint density at radius 3 is 2.47 bits per heavy atom. The van der Waals surface area contributed by atoms with Crippen LogP contribution in [0.5, 0.6) is 5.75 Å². The van der Waals surface area contributed by atoms with Gasteiger partial charge in [0.15, 0.2) is 0 Å². The van der Waals surface area contributed by atoms with Crippen LogP contribution in [0.2, 0.25) is 5.02 Å². The van der Waals surface area contributed by atoms with Crippen LogP contribution < -0.4 is 15.0 Å². The standard InChI is InChI=1S/C21H23ClF3N3O2/c1-14(20(29)26-18-13-16(22)6-7-19(18)30-2)27-8-10-28(11-9-27)17-5-3-4-15(12-17)21(23,24)25/h3-7,12-14H,8-11H2,1-2H3,(H,26,29). The van der Waals surface area contributed by atoms with Gasteiger partial charge in [0.1, 0.15) is 5.75 Å². The second-order valence-corrected chi connectivity index (χ2v) is 7.52. The number of nitrogens with one attached hydrogen (secondary N) is 1. The van der Waals surface area contributed by atoms with E-state index in [1.165, 1.54) is 13.2 Å². The highest BCUT2D eigenvalue weighted by Crippen LogP contribution is 2.32. The number of anilines is 2. The molecule has 30 heavy (non-hydrogen) atoms. The van der Waals surface area contributed by atoms with Crippen LogP contribution >= 0.6 is 11.6 Å². The maximum absolute atomic E-state index is 13.0. The summed E-state index contributed by atoms with van der Waals surface area (Å²) in [6.45, 7) is 3.96. The maximum Gasteiger partial charge on any atom is 0.416 e. The number of carbonyl (C=O) groups is 1. The van der Waals surface area contributed by atoms with E-state index in [1.54, 1.807) is 31.2 Å². The van der Waals surface area contributed by atoms with Crippen LogP contribution in [-0.4, -0.2) is 50.1 Å². The average Bonchev–Trinajstić information content (AvgIpc) is 2.73. The summed E-state index contributed by atoms with van der Waals surface area (Å²) in [6, 6.07) is 9.87. The fourth-order valence-corrected chi connectivity index (χ4v) is 3.60. The minimum atomic E-state index is -4.37. The largest absolute Gasteiger partial charge is 0.495 e. The highest BCUT2D eigenvalue weighted by atomic mass is 35.5. The molecule has 1 unspecified atom stereocenters. The molecule has 1 aliphatic rings. The Morgan fingerprint density at radius 2 is 1.83 bits per heavy atom. The molecule has 1 atom stereocenters. The first-order valence-corrected chi connectivity index (χ1v) is 9.87. The molecular weight excluding hydrogens is 419 g/mol. The molecule has 0 radical (unpaired) electrons. The fraction of sp³-hybridized carbons (Fsp3) is 0.381. The zero-order valence-electron chi connectivity index (χ0n) is 16.7. The van der Waals surface area contributed by atoms with Crippen molar-refractivity contribution < 1.29 is 22.7 Å². The van der Waals surface area contributed by atoms with Crippen molar-refractivity contribution in [1.29, 1.82) is 0 Å². The van der Waals surface area contributed by atoms with Gasteiger partial charge in [-0.2, -0.15) is 13.2 Å². The zero-order chi connectivity index (χ0) is 21.9. The van der Waals surface area contributed by atoms with Gasteiger partial charge in [-0.3, -0.25) is 9.69 Å². The van der Waals surface area contributed by atoms with Crippen LogP contribution in [0.25, 0.3) is 0 Å². The topological polar surface area (TPSA) is 44.8 Å². The minimum Gasteiger partial charge on any atom is -0.495 e. The lowest BCUT2D eigenvalue weighted by Crippen LogP contribution is -2.52. The van der Waals surface area contributed by atoms with Gasteiger partial charge in [0, 0.05) is 36.9 Å². The number of piperazine rings is 1. The Labute approximate surface area is 178 Å². The van der Waals surface area contributed by atoms with E-state index in [2.05, 4.69) is 5.32 Å². The normalized spacial score (nSPS) is 16.3. The zero-order valence-corrected chi connectivity index (χ0v) is 17.4. The molecule has 3 rings (SSSR count). The summed E-state index contributed by atoms with van der Waals surface area (Å²) < 4.78 is 44.1. The molecule has 162 valence electrons. The van der Waals surface area contributed by atoms with Crippen molar-refractivity contribution >= 4 is 28.9 Å². The van der Waals surface area contributed by atoms with Gasteiger partial charge in [0.25, 0.3) is 0 Å². The first-order chi connectivity index (χ1) is 14.2. The second kappa shape index (κ2) is 9.14.